The number of hydrogen-bond acceptors (Lipinski definition) is 3. The molecule has 2 N–H and O–H groups in total. The molecule has 1 atom stereocenters. The molecule has 0 aromatic heterocycles. The Bertz CT molecular complexity index is 610. The van der Waals surface area contributed by atoms with Crippen LogP contribution in [0.15, 0.2) is 36.4 Å². The van der Waals surface area contributed by atoms with Gasteiger partial charge in [0.2, 0.25) is 0 Å². The van der Waals surface area contributed by atoms with E-state index in [2.05, 4.69) is 5.32 Å². The number of carbonyl (C=O) groups is 1. The SMILES string of the molecule is CCNC(CC(=O)O)c1ccc2cc(OC)ccc2c1. The molecule has 2 aromatic carbocycles. The van der Waals surface area contributed by atoms with E-state index < -0.39 is 5.97 Å². The van der Waals surface area contributed by atoms with Gasteiger partial charge >= 0.3 is 5.97 Å². The second-order valence-corrected chi connectivity index (χ2v) is 4.68. The van der Waals surface area contributed by atoms with Crippen LogP contribution in [0.4, 0.5) is 0 Å². The first kappa shape index (κ1) is 14.3. The molecule has 4 heteroatoms. The number of nitrogens with one attached hydrogen (secondary N) is 1. The number of benzene rings is 2. The van der Waals surface area contributed by atoms with Crippen LogP contribution < -0.4 is 10.1 Å². The molecule has 1 unspecified atom stereocenters. The minimum Gasteiger partial charge on any atom is -0.497 e. The lowest BCUT2D eigenvalue weighted by molar-refractivity contribution is -0.137. The maximum atomic E-state index is 10.9. The zero-order valence-electron chi connectivity index (χ0n) is 11.7. The molecule has 20 heavy (non-hydrogen) atoms. The Balaban J connectivity index is 2.35. The van der Waals surface area contributed by atoms with Gasteiger partial charge in [-0.3, -0.25) is 4.79 Å². The van der Waals surface area contributed by atoms with Crippen LogP contribution in [0.3, 0.4) is 0 Å². The van der Waals surface area contributed by atoms with E-state index in [0.717, 1.165) is 28.6 Å². The number of carboxylic acids is 1. The average molecular weight is 273 g/mol. The van der Waals surface area contributed by atoms with Gasteiger partial charge in [0.25, 0.3) is 0 Å². The van der Waals surface area contributed by atoms with Crippen LogP contribution in [0.25, 0.3) is 10.8 Å². The second-order valence-electron chi connectivity index (χ2n) is 4.68. The summed E-state index contributed by atoms with van der Waals surface area (Å²) in [6.07, 6.45) is 0.0789. The molecule has 0 saturated carbocycles. The Kier molecular flexibility index (Phi) is 4.58. The smallest absolute Gasteiger partial charge is 0.305 e. The zero-order valence-corrected chi connectivity index (χ0v) is 11.7. The topological polar surface area (TPSA) is 58.6 Å². The highest BCUT2D eigenvalue weighted by molar-refractivity contribution is 5.84. The summed E-state index contributed by atoms with van der Waals surface area (Å²) in [4.78, 5) is 10.9. The van der Waals surface area contributed by atoms with Crippen molar-refractivity contribution in [2.24, 2.45) is 0 Å². The summed E-state index contributed by atoms with van der Waals surface area (Å²) >= 11 is 0. The molecule has 0 spiro atoms. The Morgan fingerprint density at radius 1 is 1.25 bits per heavy atom. The van der Waals surface area contributed by atoms with Crippen LogP contribution in [0.5, 0.6) is 5.75 Å². The van der Waals surface area contributed by atoms with Crippen molar-refractivity contribution in [3.63, 3.8) is 0 Å². The van der Waals surface area contributed by atoms with E-state index in [1.54, 1.807) is 7.11 Å². The van der Waals surface area contributed by atoms with Crippen LogP contribution in [-0.2, 0) is 4.79 Å². The third kappa shape index (κ3) is 3.27. The van der Waals surface area contributed by atoms with Gasteiger partial charge in [-0.05, 0) is 41.1 Å². The molecule has 0 aliphatic heterocycles. The number of fused-ring (bicyclic) bond motifs is 1. The van der Waals surface area contributed by atoms with Gasteiger partial charge in [0, 0.05) is 6.04 Å². The molecule has 0 fully saturated rings. The summed E-state index contributed by atoms with van der Waals surface area (Å²) in [5.41, 5.74) is 0.993. The fraction of sp³-hybridized carbons (Fsp3) is 0.312. The van der Waals surface area contributed by atoms with E-state index in [0.29, 0.717) is 0 Å². The van der Waals surface area contributed by atoms with Gasteiger partial charge in [-0.2, -0.15) is 0 Å². The van der Waals surface area contributed by atoms with E-state index in [-0.39, 0.29) is 12.5 Å². The van der Waals surface area contributed by atoms with E-state index in [4.69, 9.17) is 9.84 Å². The fourth-order valence-electron chi connectivity index (χ4n) is 2.31. The molecule has 4 nitrogen and oxygen atoms in total. The number of carboxylic acid groups (broad SMARTS) is 1. The van der Waals surface area contributed by atoms with Crippen LogP contribution >= 0.6 is 0 Å². The van der Waals surface area contributed by atoms with Crippen LogP contribution in [0.2, 0.25) is 0 Å². The first-order valence-corrected chi connectivity index (χ1v) is 6.67. The molecule has 0 aliphatic rings. The van der Waals surface area contributed by atoms with Crippen molar-refractivity contribution < 1.29 is 14.6 Å². The Hall–Kier alpha value is -2.07. The normalized spacial score (nSPS) is 12.3. The summed E-state index contributed by atoms with van der Waals surface area (Å²) in [6, 6.07) is 11.7. The molecule has 106 valence electrons. The predicted octanol–water partition coefficient (Wildman–Crippen LogP) is 2.97. The molecule has 0 heterocycles. The molecule has 0 aliphatic carbocycles. The predicted molar refractivity (Wildman–Crippen MR) is 79.2 cm³/mol. The number of rotatable bonds is 6. The lowest BCUT2D eigenvalue weighted by atomic mass is 9.99. The van der Waals surface area contributed by atoms with E-state index in [1.807, 2.05) is 43.3 Å². The summed E-state index contributed by atoms with van der Waals surface area (Å²) in [6.45, 7) is 2.71. The molecule has 0 amide bonds. The van der Waals surface area contributed by atoms with E-state index in [1.165, 1.54) is 0 Å². The lowest BCUT2D eigenvalue weighted by Gasteiger charge is -2.17. The largest absolute Gasteiger partial charge is 0.497 e. The molecule has 2 aromatic rings. The molecule has 2 rings (SSSR count). The molecule has 0 radical (unpaired) electrons. The van der Waals surface area contributed by atoms with Crippen molar-refractivity contribution in [1.29, 1.82) is 0 Å². The third-order valence-electron chi connectivity index (χ3n) is 3.30. The highest BCUT2D eigenvalue weighted by Gasteiger charge is 2.14. The number of aliphatic carboxylic acids is 1. The standard InChI is InChI=1S/C16H19NO3/c1-3-17-15(10-16(18)19)13-5-4-12-9-14(20-2)7-6-11(12)8-13/h4-9,15,17H,3,10H2,1-2H3,(H,18,19). The average Bonchev–Trinajstić information content (AvgIpc) is 2.45. The number of hydrogen-bond donors (Lipinski definition) is 2. The summed E-state index contributed by atoms with van der Waals surface area (Å²) < 4.78 is 5.20. The summed E-state index contributed by atoms with van der Waals surface area (Å²) in [5.74, 6) is 0.0183. The lowest BCUT2D eigenvalue weighted by Crippen LogP contribution is -2.23. The van der Waals surface area contributed by atoms with Gasteiger partial charge in [-0.25, -0.2) is 0 Å². The van der Waals surface area contributed by atoms with Gasteiger partial charge in [0.05, 0.1) is 13.5 Å². The van der Waals surface area contributed by atoms with Crippen LogP contribution in [-0.4, -0.2) is 24.7 Å². The van der Waals surface area contributed by atoms with Crippen molar-refractivity contribution in [2.75, 3.05) is 13.7 Å². The van der Waals surface area contributed by atoms with Gasteiger partial charge in [-0.15, -0.1) is 0 Å². The maximum Gasteiger partial charge on any atom is 0.305 e. The monoisotopic (exact) mass is 273 g/mol. The van der Waals surface area contributed by atoms with Gasteiger partial charge in [0.15, 0.2) is 0 Å². The Labute approximate surface area is 118 Å². The Morgan fingerprint density at radius 3 is 2.60 bits per heavy atom. The third-order valence-corrected chi connectivity index (χ3v) is 3.30. The summed E-state index contributed by atoms with van der Waals surface area (Å²) in [7, 11) is 1.64. The van der Waals surface area contributed by atoms with Gasteiger partial charge in [0.1, 0.15) is 5.75 Å². The van der Waals surface area contributed by atoms with Crippen molar-refractivity contribution in [1.82, 2.24) is 5.32 Å². The van der Waals surface area contributed by atoms with Crippen molar-refractivity contribution >= 4 is 16.7 Å². The molecular formula is C16H19NO3. The van der Waals surface area contributed by atoms with E-state index >= 15 is 0 Å². The van der Waals surface area contributed by atoms with Crippen molar-refractivity contribution in [2.45, 2.75) is 19.4 Å². The Morgan fingerprint density at radius 2 is 1.95 bits per heavy atom. The molecule has 0 saturated heterocycles. The van der Waals surface area contributed by atoms with Gasteiger partial charge < -0.3 is 15.2 Å². The quantitative estimate of drug-likeness (QED) is 0.849. The second kappa shape index (κ2) is 6.39. The molecular weight excluding hydrogens is 254 g/mol. The van der Waals surface area contributed by atoms with Crippen LogP contribution in [0, 0.1) is 0 Å². The highest BCUT2D eigenvalue weighted by Crippen LogP contribution is 2.25. The van der Waals surface area contributed by atoms with E-state index in [9.17, 15) is 4.79 Å². The minimum absolute atomic E-state index is 0.0789. The number of ether oxygens (including phenoxy) is 1. The zero-order chi connectivity index (χ0) is 14.5. The van der Waals surface area contributed by atoms with Crippen molar-refractivity contribution in [3.8, 4) is 5.75 Å². The minimum atomic E-state index is -0.800. The first-order chi connectivity index (χ1) is 9.63. The fourth-order valence-corrected chi connectivity index (χ4v) is 2.31. The maximum absolute atomic E-state index is 10.9. The molecule has 0 bridgehead atoms. The van der Waals surface area contributed by atoms with Crippen LogP contribution in [0.1, 0.15) is 24.9 Å². The van der Waals surface area contributed by atoms with Gasteiger partial charge in [-0.1, -0.05) is 25.1 Å². The van der Waals surface area contributed by atoms with Crippen molar-refractivity contribution in [3.05, 3.63) is 42.0 Å². The number of methoxy groups -OCH3 is 1. The first-order valence-electron chi connectivity index (χ1n) is 6.67. The summed E-state index contributed by atoms with van der Waals surface area (Å²) in [5, 5.41) is 14.4. The highest BCUT2D eigenvalue weighted by atomic mass is 16.5.